The molecule has 7 heteroatoms. The predicted octanol–water partition coefficient (Wildman–Crippen LogP) is -0.308. The van der Waals surface area contributed by atoms with E-state index in [9.17, 15) is 18.0 Å². The molecule has 6 nitrogen and oxygen atoms in total. The normalized spacial score (nSPS) is 23.5. The highest BCUT2D eigenvalue weighted by Gasteiger charge is 2.46. The Hall–Kier alpha value is -1.11. The Morgan fingerprint density at radius 3 is 2.47 bits per heavy atom. The van der Waals surface area contributed by atoms with E-state index in [-0.39, 0.29) is 30.5 Å². The Labute approximate surface area is 113 Å². The maximum Gasteiger partial charge on any atom is 0.248 e. The maximum atomic E-state index is 12.5. The number of carbonyl (C=O) groups excluding carboxylic acids is 2. The summed E-state index contributed by atoms with van der Waals surface area (Å²) in [6.07, 6.45) is 4.57. The van der Waals surface area contributed by atoms with Crippen LogP contribution in [0.15, 0.2) is 0 Å². The Kier molecular flexibility index (Phi) is 3.85. The fourth-order valence-electron chi connectivity index (χ4n) is 2.83. The van der Waals surface area contributed by atoms with Gasteiger partial charge >= 0.3 is 0 Å². The quantitative estimate of drug-likeness (QED) is 0.772. The molecule has 0 aromatic carbocycles. The molecule has 0 aromatic rings. The molecule has 1 aliphatic carbocycles. The van der Waals surface area contributed by atoms with Crippen molar-refractivity contribution in [3.05, 3.63) is 0 Å². The number of hydrogen-bond acceptors (Lipinski definition) is 4. The lowest BCUT2D eigenvalue weighted by Crippen LogP contribution is -2.55. The van der Waals surface area contributed by atoms with Crippen LogP contribution in [0.2, 0.25) is 0 Å². The summed E-state index contributed by atoms with van der Waals surface area (Å²) in [5, 5.41) is 2.85. The van der Waals surface area contributed by atoms with Gasteiger partial charge in [-0.2, -0.15) is 0 Å². The van der Waals surface area contributed by atoms with Crippen LogP contribution in [0.5, 0.6) is 0 Å². The van der Waals surface area contributed by atoms with Crippen molar-refractivity contribution in [1.82, 2.24) is 10.2 Å². The van der Waals surface area contributed by atoms with Gasteiger partial charge in [-0.3, -0.25) is 9.59 Å². The van der Waals surface area contributed by atoms with Crippen molar-refractivity contribution in [2.75, 3.05) is 25.1 Å². The largest absolute Gasteiger partial charge is 0.342 e. The molecular formula is C12H20N2O4S. The molecule has 1 saturated carbocycles. The van der Waals surface area contributed by atoms with Gasteiger partial charge in [-0.05, 0) is 12.8 Å². The molecule has 0 aromatic heterocycles. The van der Waals surface area contributed by atoms with E-state index in [1.165, 1.54) is 4.90 Å². The number of amides is 2. The van der Waals surface area contributed by atoms with E-state index in [1.807, 2.05) is 0 Å². The highest BCUT2D eigenvalue weighted by Crippen LogP contribution is 2.32. The highest BCUT2D eigenvalue weighted by molar-refractivity contribution is 7.90. The summed E-state index contributed by atoms with van der Waals surface area (Å²) >= 11 is 0. The van der Waals surface area contributed by atoms with Crippen LogP contribution in [0.25, 0.3) is 0 Å². The first-order chi connectivity index (χ1) is 8.82. The van der Waals surface area contributed by atoms with Gasteiger partial charge in [0.15, 0.2) is 0 Å². The third-order valence-electron chi connectivity index (χ3n) is 3.87. The predicted molar refractivity (Wildman–Crippen MR) is 70.2 cm³/mol. The smallest absolute Gasteiger partial charge is 0.248 e. The summed E-state index contributed by atoms with van der Waals surface area (Å²) < 4.78 is 22.4. The molecule has 2 amide bonds. The zero-order valence-electron chi connectivity index (χ0n) is 11.1. The molecule has 2 fully saturated rings. The first-order valence-electron chi connectivity index (χ1n) is 6.61. The van der Waals surface area contributed by atoms with Gasteiger partial charge in [-0.15, -0.1) is 0 Å². The lowest BCUT2D eigenvalue weighted by Gasteiger charge is -2.31. The monoisotopic (exact) mass is 288 g/mol. The maximum absolute atomic E-state index is 12.5. The molecule has 1 saturated heterocycles. The second kappa shape index (κ2) is 5.11. The van der Waals surface area contributed by atoms with Crippen molar-refractivity contribution in [2.24, 2.45) is 0 Å². The van der Waals surface area contributed by atoms with E-state index in [2.05, 4.69) is 5.32 Å². The van der Waals surface area contributed by atoms with E-state index in [4.69, 9.17) is 0 Å². The number of hydrogen-bond donors (Lipinski definition) is 1. The summed E-state index contributed by atoms with van der Waals surface area (Å²) in [5.41, 5.74) is -0.773. The molecule has 0 unspecified atom stereocenters. The van der Waals surface area contributed by atoms with E-state index >= 15 is 0 Å². The minimum absolute atomic E-state index is 0.0526. The van der Waals surface area contributed by atoms with E-state index in [0.29, 0.717) is 19.4 Å². The molecule has 0 atom stereocenters. The van der Waals surface area contributed by atoms with E-state index < -0.39 is 15.4 Å². The first-order valence-corrected chi connectivity index (χ1v) is 8.67. The van der Waals surface area contributed by atoms with Crippen LogP contribution >= 0.6 is 0 Å². The summed E-state index contributed by atoms with van der Waals surface area (Å²) in [5.74, 6) is -0.278. The number of rotatable bonds is 3. The van der Waals surface area contributed by atoms with Crippen molar-refractivity contribution in [3.8, 4) is 0 Å². The van der Waals surface area contributed by atoms with Crippen LogP contribution in [0.3, 0.4) is 0 Å². The van der Waals surface area contributed by atoms with Crippen LogP contribution < -0.4 is 5.32 Å². The van der Waals surface area contributed by atoms with Crippen molar-refractivity contribution in [3.63, 3.8) is 0 Å². The Bertz CT molecular complexity index is 480. The Balaban J connectivity index is 2.15. The number of nitrogens with one attached hydrogen (secondary N) is 1. The van der Waals surface area contributed by atoms with Crippen LogP contribution in [0.4, 0.5) is 0 Å². The van der Waals surface area contributed by atoms with Crippen molar-refractivity contribution in [2.45, 2.75) is 37.6 Å². The minimum Gasteiger partial charge on any atom is -0.342 e. The minimum atomic E-state index is -3.11. The van der Waals surface area contributed by atoms with Crippen LogP contribution in [0.1, 0.15) is 32.1 Å². The Morgan fingerprint density at radius 1 is 1.26 bits per heavy atom. The number of carbonyl (C=O) groups is 2. The molecule has 1 spiro atoms. The zero-order chi connectivity index (χ0) is 14.1. The van der Waals surface area contributed by atoms with Crippen molar-refractivity contribution < 1.29 is 18.0 Å². The Morgan fingerprint density at radius 2 is 1.89 bits per heavy atom. The lowest BCUT2D eigenvalue weighted by atomic mass is 9.96. The lowest BCUT2D eigenvalue weighted by molar-refractivity contribution is -0.138. The molecule has 0 bridgehead atoms. The number of sulfone groups is 1. The average molecular weight is 288 g/mol. The molecule has 2 aliphatic rings. The summed E-state index contributed by atoms with van der Waals surface area (Å²) in [4.78, 5) is 25.8. The SMILES string of the molecule is CS(=O)(=O)CCN1CCC(=O)NC2(CCCC2)C1=O. The molecule has 108 valence electrons. The summed E-state index contributed by atoms with van der Waals surface area (Å²) in [6, 6.07) is 0. The fraction of sp³-hybridized carbons (Fsp3) is 0.833. The molecule has 1 N–H and O–H groups in total. The molecule has 1 heterocycles. The summed E-state index contributed by atoms with van der Waals surface area (Å²) in [6.45, 7) is 0.482. The molecule has 19 heavy (non-hydrogen) atoms. The first kappa shape index (κ1) is 14.3. The van der Waals surface area contributed by atoms with Gasteiger partial charge in [0.25, 0.3) is 0 Å². The molecule has 2 rings (SSSR count). The zero-order valence-corrected chi connectivity index (χ0v) is 12.0. The summed E-state index contributed by atoms with van der Waals surface area (Å²) in [7, 11) is -3.11. The standard InChI is InChI=1S/C12H20N2O4S/c1-19(17,18)9-8-14-7-4-10(15)13-12(11(14)16)5-2-3-6-12/h2-9H2,1H3,(H,13,15). The highest BCUT2D eigenvalue weighted by atomic mass is 32.2. The topological polar surface area (TPSA) is 83.6 Å². The fourth-order valence-corrected chi connectivity index (χ4v) is 3.38. The van der Waals surface area contributed by atoms with Gasteiger partial charge in [-0.1, -0.05) is 12.8 Å². The van der Waals surface area contributed by atoms with Gasteiger partial charge < -0.3 is 10.2 Å². The van der Waals surface area contributed by atoms with Gasteiger partial charge in [0.05, 0.1) is 5.75 Å². The molecule has 0 radical (unpaired) electrons. The molecule has 1 aliphatic heterocycles. The van der Waals surface area contributed by atoms with Gasteiger partial charge in [-0.25, -0.2) is 8.42 Å². The third-order valence-corrected chi connectivity index (χ3v) is 4.80. The number of nitrogens with zero attached hydrogens (tertiary/aromatic N) is 1. The van der Waals surface area contributed by atoms with Crippen molar-refractivity contribution >= 4 is 21.7 Å². The van der Waals surface area contributed by atoms with Crippen LogP contribution in [-0.4, -0.2) is 55.8 Å². The van der Waals surface area contributed by atoms with Gasteiger partial charge in [0.2, 0.25) is 11.8 Å². The van der Waals surface area contributed by atoms with E-state index in [1.54, 1.807) is 0 Å². The second-order valence-electron chi connectivity index (χ2n) is 5.51. The van der Waals surface area contributed by atoms with Crippen molar-refractivity contribution in [1.29, 1.82) is 0 Å². The average Bonchev–Trinajstić information content (AvgIpc) is 2.72. The van der Waals surface area contributed by atoms with Crippen LogP contribution in [0, 0.1) is 0 Å². The van der Waals surface area contributed by atoms with Crippen LogP contribution in [-0.2, 0) is 19.4 Å². The van der Waals surface area contributed by atoms with Gasteiger partial charge in [0, 0.05) is 25.8 Å². The van der Waals surface area contributed by atoms with E-state index in [0.717, 1.165) is 19.1 Å². The third kappa shape index (κ3) is 3.26. The van der Waals surface area contributed by atoms with Gasteiger partial charge in [0.1, 0.15) is 15.4 Å². The second-order valence-corrected chi connectivity index (χ2v) is 7.77. The molecular weight excluding hydrogens is 268 g/mol.